The first kappa shape index (κ1) is 11.3. The van der Waals surface area contributed by atoms with Crippen molar-refractivity contribution in [3.8, 4) is 17.7 Å². The van der Waals surface area contributed by atoms with Gasteiger partial charge < -0.3 is 14.2 Å². The molecule has 0 amide bonds. The van der Waals surface area contributed by atoms with Crippen molar-refractivity contribution < 1.29 is 9.26 Å². The second-order valence-corrected chi connectivity index (χ2v) is 4.94. The minimum Gasteiger partial charge on any atom is -0.368 e. The largest absolute Gasteiger partial charge is 0.368 e. The highest BCUT2D eigenvalue weighted by atomic mass is 32.2. The van der Waals surface area contributed by atoms with Crippen LogP contribution in [0.4, 0.5) is 0 Å². The van der Waals surface area contributed by atoms with E-state index in [2.05, 4.69) is 15.1 Å². The van der Waals surface area contributed by atoms with Crippen molar-refractivity contribution in [2.75, 3.05) is 18.1 Å². The van der Waals surface area contributed by atoms with Gasteiger partial charge in [-0.25, -0.2) is 0 Å². The molecule has 2 aromatic rings. The summed E-state index contributed by atoms with van der Waals surface area (Å²) in [5.41, 5.74) is 1.11. The van der Waals surface area contributed by atoms with Crippen LogP contribution >= 0.6 is 11.8 Å². The first-order chi connectivity index (χ1) is 8.86. The van der Waals surface area contributed by atoms with Crippen molar-refractivity contribution in [2.24, 2.45) is 0 Å². The Labute approximate surface area is 107 Å². The van der Waals surface area contributed by atoms with Gasteiger partial charge in [0.15, 0.2) is 0 Å². The third-order valence-corrected chi connectivity index (χ3v) is 3.58. The monoisotopic (exact) mass is 262 g/mol. The molecule has 2 aromatic heterocycles. The maximum atomic E-state index is 8.74. The highest BCUT2D eigenvalue weighted by molar-refractivity contribution is 7.99. The number of nitrogens with one attached hydrogen (secondary N) is 1. The number of nitriles is 1. The molecule has 3 rings (SSSR count). The molecule has 0 saturated carbocycles. The van der Waals surface area contributed by atoms with Crippen LogP contribution in [0.1, 0.15) is 17.6 Å². The number of H-pyrrole nitrogens is 1. The molecule has 7 heteroatoms. The normalized spacial score (nSPS) is 19.6. The van der Waals surface area contributed by atoms with Crippen molar-refractivity contribution in [1.82, 2.24) is 15.1 Å². The third-order valence-electron chi connectivity index (χ3n) is 2.58. The van der Waals surface area contributed by atoms with Crippen molar-refractivity contribution in [2.45, 2.75) is 6.10 Å². The molecule has 1 N–H and O–H groups in total. The molecule has 6 nitrogen and oxygen atoms in total. The topological polar surface area (TPSA) is 87.7 Å². The number of nitrogens with zero attached hydrogens (tertiary/aromatic N) is 3. The molecule has 0 aromatic carbocycles. The molecule has 1 saturated heterocycles. The smallest absolute Gasteiger partial charge is 0.274 e. The fourth-order valence-corrected chi connectivity index (χ4v) is 2.54. The predicted molar refractivity (Wildman–Crippen MR) is 64.8 cm³/mol. The minimum atomic E-state index is -0.105. The number of aromatic nitrogens is 3. The van der Waals surface area contributed by atoms with Crippen LogP contribution in [0.3, 0.4) is 0 Å². The zero-order valence-corrected chi connectivity index (χ0v) is 10.2. The fourth-order valence-electron chi connectivity index (χ4n) is 1.70. The van der Waals surface area contributed by atoms with E-state index in [0.717, 1.165) is 11.5 Å². The summed E-state index contributed by atoms with van der Waals surface area (Å²) in [6.45, 7) is 0.709. The van der Waals surface area contributed by atoms with Crippen LogP contribution in [0.2, 0.25) is 0 Å². The Balaban J connectivity index is 1.82. The van der Waals surface area contributed by atoms with Gasteiger partial charge >= 0.3 is 0 Å². The number of aromatic amines is 1. The summed E-state index contributed by atoms with van der Waals surface area (Å²) in [5, 5.41) is 12.7. The van der Waals surface area contributed by atoms with Crippen molar-refractivity contribution in [3.05, 3.63) is 23.7 Å². The van der Waals surface area contributed by atoms with Gasteiger partial charge in [0.2, 0.25) is 5.82 Å². The Morgan fingerprint density at radius 3 is 3.17 bits per heavy atom. The van der Waals surface area contributed by atoms with Crippen molar-refractivity contribution in [3.63, 3.8) is 0 Å². The van der Waals surface area contributed by atoms with Crippen LogP contribution < -0.4 is 0 Å². The van der Waals surface area contributed by atoms with Gasteiger partial charge in [-0.05, 0) is 12.1 Å². The van der Waals surface area contributed by atoms with E-state index in [1.807, 2.05) is 17.8 Å². The molecular weight excluding hydrogens is 252 g/mol. The number of ether oxygens (including phenoxy) is 1. The quantitative estimate of drug-likeness (QED) is 0.886. The summed E-state index contributed by atoms with van der Waals surface area (Å²) in [6, 6.07) is 5.43. The van der Waals surface area contributed by atoms with E-state index in [1.165, 1.54) is 0 Å². The summed E-state index contributed by atoms with van der Waals surface area (Å²) in [4.78, 5) is 7.19. The Morgan fingerprint density at radius 1 is 1.50 bits per heavy atom. The van der Waals surface area contributed by atoms with E-state index in [1.54, 1.807) is 12.1 Å². The average Bonchev–Trinajstić information content (AvgIpc) is 3.08. The number of thioether (sulfide) groups is 1. The summed E-state index contributed by atoms with van der Waals surface area (Å²) in [5.74, 6) is 2.78. The van der Waals surface area contributed by atoms with E-state index in [-0.39, 0.29) is 6.10 Å². The van der Waals surface area contributed by atoms with E-state index < -0.39 is 0 Å². The Morgan fingerprint density at radius 2 is 2.44 bits per heavy atom. The van der Waals surface area contributed by atoms with Gasteiger partial charge in [0.1, 0.15) is 23.6 Å². The molecule has 1 fully saturated rings. The van der Waals surface area contributed by atoms with Crippen molar-refractivity contribution >= 4 is 11.8 Å². The summed E-state index contributed by atoms with van der Waals surface area (Å²) < 4.78 is 10.7. The van der Waals surface area contributed by atoms with E-state index in [4.69, 9.17) is 14.5 Å². The summed E-state index contributed by atoms with van der Waals surface area (Å²) in [6.07, 6.45) is -0.105. The van der Waals surface area contributed by atoms with E-state index >= 15 is 0 Å². The highest BCUT2D eigenvalue weighted by Gasteiger charge is 2.22. The van der Waals surface area contributed by atoms with E-state index in [0.29, 0.717) is 29.7 Å². The van der Waals surface area contributed by atoms with Crippen molar-refractivity contribution in [1.29, 1.82) is 5.26 Å². The molecule has 0 spiro atoms. The minimum absolute atomic E-state index is 0.105. The molecule has 1 aliphatic rings. The molecule has 1 aliphatic heterocycles. The van der Waals surface area contributed by atoms with Gasteiger partial charge in [0.25, 0.3) is 5.89 Å². The van der Waals surface area contributed by atoms with Gasteiger partial charge in [-0.1, -0.05) is 5.16 Å². The third kappa shape index (κ3) is 2.12. The van der Waals surface area contributed by atoms with Crippen LogP contribution in [0, 0.1) is 11.3 Å². The molecule has 18 heavy (non-hydrogen) atoms. The lowest BCUT2D eigenvalue weighted by atomic mass is 10.3. The van der Waals surface area contributed by atoms with Crippen LogP contribution in [0.25, 0.3) is 11.6 Å². The van der Waals surface area contributed by atoms with Gasteiger partial charge in [-0.2, -0.15) is 22.0 Å². The standard InChI is InChI=1S/C11H10N4O2S/c12-5-7-1-2-8(13-7)11-14-10(15-17-11)9-6-18-4-3-16-9/h1-2,9,13H,3-4,6H2. The van der Waals surface area contributed by atoms with Gasteiger partial charge in [-0.3, -0.25) is 0 Å². The lowest BCUT2D eigenvalue weighted by Gasteiger charge is -2.18. The molecule has 0 radical (unpaired) electrons. The van der Waals surface area contributed by atoms with Gasteiger partial charge in [0.05, 0.1) is 6.61 Å². The first-order valence-electron chi connectivity index (χ1n) is 5.49. The fraction of sp³-hybridized carbons (Fsp3) is 0.364. The second-order valence-electron chi connectivity index (χ2n) is 3.79. The number of rotatable bonds is 2. The zero-order valence-electron chi connectivity index (χ0n) is 9.42. The summed E-state index contributed by atoms with van der Waals surface area (Å²) in [7, 11) is 0. The molecule has 0 aliphatic carbocycles. The average molecular weight is 262 g/mol. The zero-order chi connectivity index (χ0) is 12.4. The first-order valence-corrected chi connectivity index (χ1v) is 6.65. The second kappa shape index (κ2) is 4.84. The van der Waals surface area contributed by atoms with Crippen LogP contribution in [-0.2, 0) is 4.74 Å². The molecular formula is C11H10N4O2S. The van der Waals surface area contributed by atoms with Crippen LogP contribution in [0.5, 0.6) is 0 Å². The molecule has 1 atom stereocenters. The van der Waals surface area contributed by atoms with Gasteiger partial charge in [0, 0.05) is 11.5 Å². The number of hydrogen-bond acceptors (Lipinski definition) is 6. The molecule has 92 valence electrons. The predicted octanol–water partition coefficient (Wildman–Crippen LogP) is 1.74. The van der Waals surface area contributed by atoms with Crippen LogP contribution in [-0.4, -0.2) is 33.2 Å². The Bertz CT molecular complexity index is 580. The molecule has 0 bridgehead atoms. The number of hydrogen-bond donors (Lipinski definition) is 1. The highest BCUT2D eigenvalue weighted by Crippen LogP contribution is 2.26. The maximum Gasteiger partial charge on any atom is 0.274 e. The lowest BCUT2D eigenvalue weighted by molar-refractivity contribution is 0.0677. The Hall–Kier alpha value is -1.78. The molecule has 1 unspecified atom stereocenters. The SMILES string of the molecule is N#Cc1ccc(-c2nc(C3CSCCO3)no2)[nH]1. The Kier molecular flexibility index (Phi) is 3.04. The lowest BCUT2D eigenvalue weighted by Crippen LogP contribution is -2.16. The summed E-state index contributed by atoms with van der Waals surface area (Å²) >= 11 is 1.81. The maximum absolute atomic E-state index is 8.74. The van der Waals surface area contributed by atoms with E-state index in [9.17, 15) is 0 Å². The van der Waals surface area contributed by atoms with Gasteiger partial charge in [-0.15, -0.1) is 0 Å². The van der Waals surface area contributed by atoms with Crippen LogP contribution in [0.15, 0.2) is 16.7 Å². The molecule has 3 heterocycles.